The number of aryl methyl sites for hydroxylation is 1. The van der Waals surface area contributed by atoms with E-state index in [9.17, 15) is 9.59 Å². The highest BCUT2D eigenvalue weighted by molar-refractivity contribution is 6.42. The van der Waals surface area contributed by atoms with Crippen molar-refractivity contribution in [3.63, 3.8) is 0 Å². The summed E-state index contributed by atoms with van der Waals surface area (Å²) in [4.78, 5) is 23.9. The van der Waals surface area contributed by atoms with Gasteiger partial charge in [0.25, 0.3) is 5.91 Å². The molecule has 0 aromatic heterocycles. The largest absolute Gasteiger partial charge is 0.352 e. The minimum atomic E-state index is -0.167. The summed E-state index contributed by atoms with van der Waals surface area (Å²) in [5.74, 6) is -0.321. The molecule has 0 aliphatic carbocycles. The van der Waals surface area contributed by atoms with Crippen LogP contribution in [-0.4, -0.2) is 18.4 Å². The van der Waals surface area contributed by atoms with Gasteiger partial charge in [-0.05, 0) is 43.2 Å². The van der Waals surface area contributed by atoms with Gasteiger partial charge in [-0.2, -0.15) is 0 Å². The van der Waals surface area contributed by atoms with Crippen molar-refractivity contribution < 1.29 is 9.59 Å². The topological polar surface area (TPSA) is 58.2 Å². The molecule has 0 atom stereocenters. The van der Waals surface area contributed by atoms with E-state index in [4.69, 9.17) is 23.2 Å². The molecule has 0 spiro atoms. The summed E-state index contributed by atoms with van der Waals surface area (Å²) in [6.07, 6.45) is 0.757. The van der Waals surface area contributed by atoms with Crippen molar-refractivity contribution in [3.8, 4) is 0 Å². The molecule has 0 aliphatic heterocycles. The van der Waals surface area contributed by atoms with E-state index in [1.807, 2.05) is 13.0 Å². The number of carbonyl (C=O) groups is 2. The van der Waals surface area contributed by atoms with Crippen molar-refractivity contribution in [1.82, 2.24) is 5.32 Å². The van der Waals surface area contributed by atoms with E-state index in [-0.39, 0.29) is 18.2 Å². The third kappa shape index (κ3) is 4.98. The lowest BCUT2D eigenvalue weighted by molar-refractivity contribution is -0.116. The number of benzene rings is 2. The second-order valence-corrected chi connectivity index (χ2v) is 5.99. The molecule has 0 fully saturated rings. The van der Waals surface area contributed by atoms with Crippen LogP contribution in [-0.2, 0) is 11.2 Å². The molecule has 2 aromatic carbocycles. The van der Waals surface area contributed by atoms with Crippen LogP contribution in [0, 0.1) is 0 Å². The molecule has 6 heteroatoms. The predicted molar refractivity (Wildman–Crippen MR) is 97.9 cm³/mol. The van der Waals surface area contributed by atoms with E-state index >= 15 is 0 Å². The number of carbonyl (C=O) groups excluding carboxylic acids is 2. The van der Waals surface area contributed by atoms with Gasteiger partial charge in [-0.3, -0.25) is 9.59 Å². The van der Waals surface area contributed by atoms with E-state index in [0.29, 0.717) is 34.3 Å². The Morgan fingerprint density at radius 1 is 1.08 bits per heavy atom. The normalized spacial score (nSPS) is 10.3. The number of hydrogen-bond acceptors (Lipinski definition) is 2. The fraction of sp³-hybridized carbons (Fsp3) is 0.222. The maximum absolute atomic E-state index is 12.1. The van der Waals surface area contributed by atoms with E-state index < -0.39 is 0 Å². The first-order valence-electron chi connectivity index (χ1n) is 7.62. The molecule has 2 N–H and O–H groups in total. The average Bonchev–Trinajstić information content (AvgIpc) is 2.56. The zero-order valence-corrected chi connectivity index (χ0v) is 14.7. The van der Waals surface area contributed by atoms with Gasteiger partial charge in [-0.15, -0.1) is 0 Å². The molecule has 4 nitrogen and oxygen atoms in total. The smallest absolute Gasteiger partial charge is 0.251 e. The standard InChI is InChI=1S/C18H18Cl2N2O2/c1-2-21-18(24)13-6-3-7-14(11-13)22-16(23)10-9-12-5-4-8-15(19)17(12)20/h3-8,11H,2,9-10H2,1H3,(H,21,24)(H,22,23). The van der Waals surface area contributed by atoms with Crippen molar-refractivity contribution in [2.45, 2.75) is 19.8 Å². The highest BCUT2D eigenvalue weighted by Gasteiger charge is 2.09. The Morgan fingerprint density at radius 2 is 1.83 bits per heavy atom. The summed E-state index contributed by atoms with van der Waals surface area (Å²) in [6.45, 7) is 2.40. The lowest BCUT2D eigenvalue weighted by Crippen LogP contribution is -2.22. The van der Waals surface area contributed by atoms with E-state index in [0.717, 1.165) is 5.56 Å². The molecular formula is C18H18Cl2N2O2. The van der Waals surface area contributed by atoms with Crippen LogP contribution >= 0.6 is 23.2 Å². The Morgan fingerprint density at radius 3 is 2.58 bits per heavy atom. The molecule has 0 radical (unpaired) electrons. The Balaban J connectivity index is 1.96. The third-order valence-electron chi connectivity index (χ3n) is 3.40. The Hall–Kier alpha value is -2.04. The highest BCUT2D eigenvalue weighted by Crippen LogP contribution is 2.26. The van der Waals surface area contributed by atoms with Crippen LogP contribution in [0.3, 0.4) is 0 Å². The molecule has 0 unspecified atom stereocenters. The third-order valence-corrected chi connectivity index (χ3v) is 4.26. The van der Waals surface area contributed by atoms with Crippen molar-refractivity contribution in [1.29, 1.82) is 0 Å². The molecule has 0 bridgehead atoms. The highest BCUT2D eigenvalue weighted by atomic mass is 35.5. The van der Waals surface area contributed by atoms with E-state index in [1.54, 1.807) is 36.4 Å². The van der Waals surface area contributed by atoms with Gasteiger partial charge in [0.2, 0.25) is 5.91 Å². The van der Waals surface area contributed by atoms with Gasteiger partial charge in [0, 0.05) is 24.2 Å². The quantitative estimate of drug-likeness (QED) is 0.801. The summed E-state index contributed by atoms with van der Waals surface area (Å²) in [5.41, 5.74) is 1.92. The zero-order valence-electron chi connectivity index (χ0n) is 13.2. The average molecular weight is 365 g/mol. The molecule has 2 aromatic rings. The Bertz CT molecular complexity index is 748. The molecule has 2 rings (SSSR count). The van der Waals surface area contributed by atoms with Gasteiger partial charge in [0.15, 0.2) is 0 Å². The summed E-state index contributed by atoms with van der Waals surface area (Å²) in [5, 5.41) is 6.46. The number of rotatable bonds is 6. The molecule has 0 aliphatic rings. The van der Waals surface area contributed by atoms with Crippen LogP contribution in [0.25, 0.3) is 0 Å². The first kappa shape index (κ1) is 18.3. The number of amides is 2. The predicted octanol–water partition coefficient (Wildman–Crippen LogP) is 4.31. The number of halogens is 2. The van der Waals surface area contributed by atoms with Crippen molar-refractivity contribution in [3.05, 3.63) is 63.6 Å². The summed E-state index contributed by atoms with van der Waals surface area (Å²) in [6, 6.07) is 12.2. The fourth-order valence-corrected chi connectivity index (χ4v) is 2.63. The monoisotopic (exact) mass is 364 g/mol. The minimum Gasteiger partial charge on any atom is -0.352 e. The molecule has 126 valence electrons. The SMILES string of the molecule is CCNC(=O)c1cccc(NC(=O)CCc2cccc(Cl)c2Cl)c1. The van der Waals surface area contributed by atoms with Gasteiger partial charge in [0.1, 0.15) is 0 Å². The van der Waals surface area contributed by atoms with Crippen LogP contribution in [0.1, 0.15) is 29.3 Å². The van der Waals surface area contributed by atoms with E-state index in [2.05, 4.69) is 10.6 Å². The summed E-state index contributed by atoms with van der Waals surface area (Å²) >= 11 is 12.1. The van der Waals surface area contributed by atoms with Crippen LogP contribution in [0.15, 0.2) is 42.5 Å². The van der Waals surface area contributed by atoms with E-state index in [1.165, 1.54) is 0 Å². The minimum absolute atomic E-state index is 0.154. The molecule has 2 amide bonds. The number of nitrogens with one attached hydrogen (secondary N) is 2. The second kappa shape index (κ2) is 8.71. The zero-order chi connectivity index (χ0) is 17.5. The molecule has 0 heterocycles. The number of hydrogen-bond donors (Lipinski definition) is 2. The van der Waals surface area contributed by atoms with Crippen LogP contribution in [0.5, 0.6) is 0 Å². The van der Waals surface area contributed by atoms with Crippen LogP contribution in [0.4, 0.5) is 5.69 Å². The fourth-order valence-electron chi connectivity index (χ4n) is 2.21. The van der Waals surface area contributed by atoms with Gasteiger partial charge >= 0.3 is 0 Å². The molecular weight excluding hydrogens is 347 g/mol. The van der Waals surface area contributed by atoms with Gasteiger partial charge in [-0.1, -0.05) is 41.4 Å². The summed E-state index contributed by atoms with van der Waals surface area (Å²) < 4.78 is 0. The molecule has 0 saturated heterocycles. The van der Waals surface area contributed by atoms with Crippen molar-refractivity contribution in [2.75, 3.05) is 11.9 Å². The molecule has 0 saturated carbocycles. The van der Waals surface area contributed by atoms with Gasteiger partial charge in [-0.25, -0.2) is 0 Å². The maximum atomic E-state index is 12.1. The number of anilines is 1. The summed E-state index contributed by atoms with van der Waals surface area (Å²) in [7, 11) is 0. The maximum Gasteiger partial charge on any atom is 0.251 e. The van der Waals surface area contributed by atoms with Gasteiger partial charge < -0.3 is 10.6 Å². The Labute approximate surface area is 151 Å². The second-order valence-electron chi connectivity index (χ2n) is 5.20. The lowest BCUT2D eigenvalue weighted by Gasteiger charge is -2.09. The first-order valence-corrected chi connectivity index (χ1v) is 8.38. The van der Waals surface area contributed by atoms with Crippen LogP contribution < -0.4 is 10.6 Å². The van der Waals surface area contributed by atoms with Gasteiger partial charge in [0.05, 0.1) is 10.0 Å². The Kier molecular flexibility index (Phi) is 6.64. The lowest BCUT2D eigenvalue weighted by atomic mass is 10.1. The van der Waals surface area contributed by atoms with Crippen molar-refractivity contribution in [2.24, 2.45) is 0 Å². The first-order chi connectivity index (χ1) is 11.5. The van der Waals surface area contributed by atoms with Crippen LogP contribution in [0.2, 0.25) is 10.0 Å². The van der Waals surface area contributed by atoms with Crippen molar-refractivity contribution >= 4 is 40.7 Å². The molecule has 24 heavy (non-hydrogen) atoms.